The molecule has 0 atom stereocenters. The third-order valence-corrected chi connectivity index (χ3v) is 6.24. The molecule has 29 heavy (non-hydrogen) atoms. The normalized spacial score (nSPS) is 11.6. The molecule has 0 aliphatic heterocycles. The van der Waals surface area contributed by atoms with Crippen LogP contribution in [0.4, 0.5) is 0 Å². The zero-order valence-electron chi connectivity index (χ0n) is 15.7. The Morgan fingerprint density at radius 3 is 2.72 bits per heavy atom. The fourth-order valence-corrected chi connectivity index (χ4v) is 4.53. The number of aromatic nitrogens is 2. The van der Waals surface area contributed by atoms with E-state index < -0.39 is 0 Å². The summed E-state index contributed by atoms with van der Waals surface area (Å²) in [6.45, 7) is 4.14. The Morgan fingerprint density at radius 1 is 1.14 bits per heavy atom. The Kier molecular flexibility index (Phi) is 5.51. The van der Waals surface area contributed by atoms with Gasteiger partial charge >= 0.3 is 0 Å². The van der Waals surface area contributed by atoms with Gasteiger partial charge in [0.2, 0.25) is 0 Å². The van der Waals surface area contributed by atoms with E-state index in [1.807, 2.05) is 29.6 Å². The van der Waals surface area contributed by atoms with Gasteiger partial charge in [-0.1, -0.05) is 51.3 Å². The minimum Gasteiger partial charge on any atom is -0.235 e. The molecule has 0 amide bonds. The van der Waals surface area contributed by atoms with Crippen LogP contribution in [0.2, 0.25) is 5.15 Å². The van der Waals surface area contributed by atoms with Crippen LogP contribution in [-0.2, 0) is 0 Å². The summed E-state index contributed by atoms with van der Waals surface area (Å²) in [4.78, 5) is 9.15. The molecule has 6 heteroatoms. The van der Waals surface area contributed by atoms with Gasteiger partial charge in [0.25, 0.3) is 0 Å². The van der Waals surface area contributed by atoms with Crippen molar-refractivity contribution in [2.45, 2.75) is 13.8 Å². The van der Waals surface area contributed by atoms with E-state index in [4.69, 9.17) is 16.6 Å². The molecule has 2 aromatic carbocycles. The van der Waals surface area contributed by atoms with Crippen LogP contribution in [-0.4, -0.2) is 9.97 Å². The van der Waals surface area contributed by atoms with Crippen LogP contribution in [0, 0.1) is 25.2 Å². The predicted octanol–water partition coefficient (Wildman–Crippen LogP) is 7.46. The molecule has 0 bridgehead atoms. The molecule has 0 aliphatic carbocycles. The van der Waals surface area contributed by atoms with Crippen molar-refractivity contribution in [2.75, 3.05) is 0 Å². The van der Waals surface area contributed by atoms with Crippen molar-refractivity contribution in [3.63, 3.8) is 0 Å². The van der Waals surface area contributed by atoms with Gasteiger partial charge in [0.05, 0.1) is 16.8 Å². The second-order valence-electron chi connectivity index (χ2n) is 6.73. The van der Waals surface area contributed by atoms with Crippen molar-refractivity contribution in [2.24, 2.45) is 0 Å². The maximum Gasteiger partial charge on any atom is 0.137 e. The van der Waals surface area contributed by atoms with E-state index in [1.54, 1.807) is 6.08 Å². The Hall–Kier alpha value is -2.52. The van der Waals surface area contributed by atoms with Crippen molar-refractivity contribution in [3.05, 3.63) is 79.2 Å². The van der Waals surface area contributed by atoms with Crippen molar-refractivity contribution < 1.29 is 0 Å². The summed E-state index contributed by atoms with van der Waals surface area (Å²) in [5, 5.41) is 13.7. The van der Waals surface area contributed by atoms with Crippen molar-refractivity contribution in [1.29, 1.82) is 5.26 Å². The van der Waals surface area contributed by atoms with Crippen LogP contribution >= 0.6 is 38.9 Å². The topological polar surface area (TPSA) is 49.6 Å². The number of halogens is 2. The van der Waals surface area contributed by atoms with Crippen LogP contribution in [0.15, 0.2) is 52.3 Å². The molecule has 0 spiro atoms. The summed E-state index contributed by atoms with van der Waals surface area (Å²) in [6.07, 6.45) is 1.75. The lowest BCUT2D eigenvalue weighted by Gasteiger charge is -2.04. The zero-order chi connectivity index (χ0) is 20.5. The van der Waals surface area contributed by atoms with E-state index in [2.05, 4.69) is 59.0 Å². The van der Waals surface area contributed by atoms with Crippen molar-refractivity contribution in [1.82, 2.24) is 9.97 Å². The highest BCUT2D eigenvalue weighted by molar-refractivity contribution is 9.10. The van der Waals surface area contributed by atoms with E-state index in [9.17, 15) is 5.26 Å². The van der Waals surface area contributed by atoms with Gasteiger partial charge in [-0.15, -0.1) is 11.3 Å². The van der Waals surface area contributed by atoms with Crippen molar-refractivity contribution in [3.8, 4) is 17.3 Å². The van der Waals surface area contributed by atoms with E-state index in [1.165, 1.54) is 16.9 Å². The monoisotopic (exact) mass is 479 g/mol. The highest BCUT2D eigenvalue weighted by Crippen LogP contribution is 2.31. The summed E-state index contributed by atoms with van der Waals surface area (Å²) in [5.74, 6) is 0. The number of nitrogens with zero attached hydrogens (tertiary/aromatic N) is 3. The lowest BCUT2D eigenvalue weighted by atomic mass is 10.0. The first-order valence-corrected chi connectivity index (χ1v) is 10.9. The van der Waals surface area contributed by atoms with E-state index in [0.717, 1.165) is 32.2 Å². The highest BCUT2D eigenvalue weighted by atomic mass is 79.9. The number of thiazole rings is 1. The molecule has 0 unspecified atom stereocenters. The fourth-order valence-electron chi connectivity index (χ4n) is 3.16. The predicted molar refractivity (Wildman–Crippen MR) is 125 cm³/mol. The summed E-state index contributed by atoms with van der Waals surface area (Å²) in [7, 11) is 0. The average Bonchev–Trinajstić information content (AvgIpc) is 3.16. The SMILES string of the molecule is Cc1ccc(-c2csc(C(C#N)=Cc3cc4cc(Br)ccc4nc3Cl)n2)c(C)c1. The molecule has 0 N–H and O–H groups in total. The number of hydrogen-bond donors (Lipinski definition) is 0. The lowest BCUT2D eigenvalue weighted by molar-refractivity contribution is 1.32. The quantitative estimate of drug-likeness (QED) is 0.226. The number of nitriles is 1. The number of rotatable bonds is 3. The molecule has 0 aliphatic rings. The molecule has 0 radical (unpaired) electrons. The Morgan fingerprint density at radius 2 is 1.97 bits per heavy atom. The van der Waals surface area contributed by atoms with E-state index >= 15 is 0 Å². The first-order valence-electron chi connectivity index (χ1n) is 8.86. The van der Waals surface area contributed by atoms with Gasteiger partial charge in [-0.2, -0.15) is 5.26 Å². The van der Waals surface area contributed by atoms with Gasteiger partial charge in [-0.25, -0.2) is 9.97 Å². The molecule has 2 heterocycles. The third kappa shape index (κ3) is 4.11. The van der Waals surface area contributed by atoms with Gasteiger partial charge < -0.3 is 0 Å². The lowest BCUT2D eigenvalue weighted by Crippen LogP contribution is -1.88. The second-order valence-corrected chi connectivity index (χ2v) is 8.86. The third-order valence-electron chi connectivity index (χ3n) is 4.57. The first-order chi connectivity index (χ1) is 13.9. The number of fused-ring (bicyclic) bond motifs is 1. The summed E-state index contributed by atoms with van der Waals surface area (Å²) >= 11 is 11.3. The average molecular weight is 481 g/mol. The number of pyridine rings is 1. The summed E-state index contributed by atoms with van der Waals surface area (Å²) < 4.78 is 0.961. The molecule has 4 aromatic rings. The largest absolute Gasteiger partial charge is 0.235 e. The minimum atomic E-state index is 0.360. The Balaban J connectivity index is 1.76. The van der Waals surface area contributed by atoms with Gasteiger partial charge in [-0.3, -0.25) is 0 Å². The van der Waals surface area contributed by atoms with Gasteiger partial charge in [0.15, 0.2) is 0 Å². The molecule has 4 rings (SSSR count). The van der Waals surface area contributed by atoms with E-state index in [0.29, 0.717) is 21.3 Å². The smallest absolute Gasteiger partial charge is 0.137 e. The molecule has 0 saturated heterocycles. The molecular weight excluding hydrogens is 466 g/mol. The van der Waals surface area contributed by atoms with E-state index in [-0.39, 0.29) is 0 Å². The molecule has 3 nitrogen and oxygen atoms in total. The molecule has 0 saturated carbocycles. The highest BCUT2D eigenvalue weighted by Gasteiger charge is 2.12. The first kappa shape index (κ1) is 19.8. The van der Waals surface area contributed by atoms with Gasteiger partial charge in [0, 0.05) is 26.4 Å². The standard InChI is InChI=1S/C23H15BrClN3S/c1-13-3-5-19(14(2)7-13)21-12-29-23(28-21)17(11-26)9-16-8-15-10-18(24)4-6-20(15)27-22(16)25/h3-10,12H,1-2H3. The van der Waals surface area contributed by atoms with Crippen LogP contribution in [0.1, 0.15) is 21.7 Å². The minimum absolute atomic E-state index is 0.360. The molecular formula is C23H15BrClN3S. The number of benzene rings is 2. The molecule has 0 fully saturated rings. The number of allylic oxidation sites excluding steroid dienone is 1. The second kappa shape index (κ2) is 8.08. The van der Waals surface area contributed by atoms with Gasteiger partial charge in [0.1, 0.15) is 16.2 Å². The van der Waals surface area contributed by atoms with Gasteiger partial charge in [-0.05, 0) is 49.8 Å². The number of hydrogen-bond acceptors (Lipinski definition) is 4. The number of aryl methyl sites for hydroxylation is 2. The summed E-state index contributed by atoms with van der Waals surface area (Å²) in [6, 6.07) is 16.3. The molecule has 142 valence electrons. The Labute approximate surface area is 186 Å². The maximum atomic E-state index is 9.74. The maximum absolute atomic E-state index is 9.74. The van der Waals surface area contributed by atoms with Crippen LogP contribution in [0.25, 0.3) is 33.8 Å². The molecule has 2 aromatic heterocycles. The fraction of sp³-hybridized carbons (Fsp3) is 0.0870. The zero-order valence-corrected chi connectivity index (χ0v) is 18.9. The summed E-state index contributed by atoms with van der Waals surface area (Å²) in [5.41, 5.74) is 6.28. The van der Waals surface area contributed by atoms with Crippen LogP contribution < -0.4 is 0 Å². The van der Waals surface area contributed by atoms with Crippen LogP contribution in [0.3, 0.4) is 0 Å². The van der Waals surface area contributed by atoms with Crippen molar-refractivity contribution >= 4 is 61.4 Å². The Bertz CT molecular complexity index is 1320. The van der Waals surface area contributed by atoms with Crippen LogP contribution in [0.5, 0.6) is 0 Å².